The first-order valence-corrected chi connectivity index (χ1v) is 13.2. The van der Waals surface area contributed by atoms with Crippen molar-refractivity contribution in [2.24, 2.45) is 0 Å². The third kappa shape index (κ3) is 7.85. The lowest BCUT2D eigenvalue weighted by molar-refractivity contribution is -0.137. The highest BCUT2D eigenvalue weighted by atomic mass is 32.2. The second-order valence-corrected chi connectivity index (χ2v) is 10.2. The molecule has 0 aliphatic heterocycles. The molecule has 8 nitrogen and oxygen atoms in total. The van der Waals surface area contributed by atoms with Gasteiger partial charge in [0.05, 0.1) is 10.5 Å². The van der Waals surface area contributed by atoms with Crippen molar-refractivity contribution in [3.05, 3.63) is 119 Å². The van der Waals surface area contributed by atoms with Gasteiger partial charge in [0, 0.05) is 37.6 Å². The second kappa shape index (κ2) is 12.0. The van der Waals surface area contributed by atoms with E-state index in [2.05, 4.69) is 25.3 Å². The summed E-state index contributed by atoms with van der Waals surface area (Å²) in [7, 11) is -4.14. The molecule has 0 saturated heterocycles. The lowest BCUT2D eigenvalue weighted by Gasteiger charge is -2.11. The first kappa shape index (κ1) is 27.7. The van der Waals surface area contributed by atoms with Crippen LogP contribution in [-0.2, 0) is 35.8 Å². The van der Waals surface area contributed by atoms with Crippen LogP contribution in [0.2, 0.25) is 0 Å². The fraction of sp³-hybridized carbons (Fsp3) is 0.148. The highest BCUT2D eigenvalue weighted by Gasteiger charge is 2.31. The van der Waals surface area contributed by atoms with Gasteiger partial charge in [0.25, 0.3) is 5.91 Å². The van der Waals surface area contributed by atoms with Gasteiger partial charge >= 0.3 is 6.18 Å². The number of halogens is 3. The second-order valence-electron chi connectivity index (χ2n) is 8.47. The number of amides is 1. The van der Waals surface area contributed by atoms with Crippen molar-refractivity contribution in [1.29, 1.82) is 0 Å². The molecule has 0 saturated carbocycles. The van der Waals surface area contributed by atoms with Gasteiger partial charge in [-0.1, -0.05) is 42.5 Å². The van der Waals surface area contributed by atoms with Crippen molar-refractivity contribution in [3.8, 4) is 0 Å². The number of aromatic nitrogens is 2. The van der Waals surface area contributed by atoms with Crippen molar-refractivity contribution >= 4 is 21.9 Å². The van der Waals surface area contributed by atoms with E-state index in [0.717, 1.165) is 29.3 Å². The van der Waals surface area contributed by atoms with Gasteiger partial charge in [0.2, 0.25) is 16.0 Å². The Morgan fingerprint density at radius 1 is 0.769 bits per heavy atom. The number of rotatable bonds is 10. The molecule has 0 spiro atoms. The average molecular weight is 556 g/mol. The summed E-state index contributed by atoms with van der Waals surface area (Å²) in [5.74, 6) is 0.261. The van der Waals surface area contributed by atoms with Crippen LogP contribution in [-0.4, -0.2) is 24.3 Å². The number of hydrogen-bond acceptors (Lipinski definition) is 6. The molecular formula is C27H24F3N5O3S. The number of carbonyl (C=O) groups excluding carboxylic acids is 1. The zero-order valence-corrected chi connectivity index (χ0v) is 21.3. The van der Waals surface area contributed by atoms with E-state index in [1.165, 1.54) is 0 Å². The topological polar surface area (TPSA) is 113 Å². The fourth-order valence-electron chi connectivity index (χ4n) is 3.51. The Morgan fingerprint density at radius 3 is 2.00 bits per heavy atom. The number of hydrogen-bond donors (Lipinski definition) is 3. The molecule has 0 fully saturated rings. The summed E-state index contributed by atoms with van der Waals surface area (Å²) in [5.41, 5.74) is 1.80. The molecule has 0 unspecified atom stereocenters. The molecule has 1 aromatic heterocycles. The summed E-state index contributed by atoms with van der Waals surface area (Å²) >= 11 is 0. The Labute approximate surface area is 223 Å². The van der Waals surface area contributed by atoms with E-state index < -0.39 is 26.7 Å². The maximum atomic E-state index is 12.9. The van der Waals surface area contributed by atoms with E-state index in [9.17, 15) is 26.4 Å². The van der Waals surface area contributed by atoms with Crippen LogP contribution in [0.25, 0.3) is 0 Å². The summed E-state index contributed by atoms with van der Waals surface area (Å²) < 4.78 is 65.9. The van der Waals surface area contributed by atoms with Crippen LogP contribution in [0.5, 0.6) is 0 Å². The molecule has 4 rings (SSSR count). The van der Waals surface area contributed by atoms with Crippen LogP contribution < -0.4 is 15.4 Å². The zero-order chi connectivity index (χ0) is 27.9. The third-order valence-corrected chi connectivity index (χ3v) is 7.05. The molecule has 0 bridgehead atoms. The first-order chi connectivity index (χ1) is 18.6. The van der Waals surface area contributed by atoms with Gasteiger partial charge in [-0.3, -0.25) is 4.79 Å². The first-order valence-electron chi connectivity index (χ1n) is 11.7. The monoisotopic (exact) mass is 555 g/mol. The number of alkyl halides is 3. The van der Waals surface area contributed by atoms with Crippen molar-refractivity contribution < 1.29 is 26.4 Å². The van der Waals surface area contributed by atoms with E-state index in [1.807, 2.05) is 12.1 Å². The molecule has 202 valence electrons. The number of carbonyl (C=O) groups is 1. The van der Waals surface area contributed by atoms with Crippen molar-refractivity contribution in [1.82, 2.24) is 20.0 Å². The maximum absolute atomic E-state index is 12.9. The van der Waals surface area contributed by atoms with Crippen LogP contribution in [0.15, 0.2) is 96.2 Å². The summed E-state index contributed by atoms with van der Waals surface area (Å²) in [6, 6.07) is 19.2. The molecule has 1 amide bonds. The van der Waals surface area contributed by atoms with Gasteiger partial charge < -0.3 is 10.6 Å². The summed E-state index contributed by atoms with van der Waals surface area (Å²) in [6.07, 6.45) is -1.36. The number of sulfonamides is 1. The standard InChI is InChI=1S/C27H24F3N5O3S/c28-27(29,30)23-3-1-4-24(15-23)39(37,38)35-18-21-7-5-19(6-8-21)16-33-25(36)22-11-9-20(10-12-22)17-34-26-31-13-2-14-32-26/h1-15,35H,16-18H2,(H,33,36)(H,31,32,34). The van der Waals surface area contributed by atoms with Crippen molar-refractivity contribution in [2.45, 2.75) is 30.7 Å². The Balaban J connectivity index is 1.26. The Bertz CT molecular complexity index is 1510. The maximum Gasteiger partial charge on any atom is 0.416 e. The average Bonchev–Trinajstić information content (AvgIpc) is 2.95. The summed E-state index contributed by atoms with van der Waals surface area (Å²) in [5, 5.41) is 5.92. The van der Waals surface area contributed by atoms with E-state index in [0.29, 0.717) is 29.7 Å². The Hall–Kier alpha value is -4.29. The highest BCUT2D eigenvalue weighted by Crippen LogP contribution is 2.30. The van der Waals surface area contributed by atoms with Crippen LogP contribution in [0, 0.1) is 0 Å². The molecule has 12 heteroatoms. The third-order valence-electron chi connectivity index (χ3n) is 5.65. The molecule has 39 heavy (non-hydrogen) atoms. The Kier molecular flexibility index (Phi) is 8.57. The molecule has 4 aromatic rings. The number of benzene rings is 3. The van der Waals surface area contributed by atoms with Gasteiger partial charge in [-0.25, -0.2) is 23.1 Å². The van der Waals surface area contributed by atoms with Gasteiger partial charge in [-0.05, 0) is 53.1 Å². The lowest BCUT2D eigenvalue weighted by atomic mass is 10.1. The minimum atomic E-state index is -4.64. The van der Waals surface area contributed by atoms with Crippen LogP contribution in [0.4, 0.5) is 19.1 Å². The highest BCUT2D eigenvalue weighted by molar-refractivity contribution is 7.89. The molecule has 0 radical (unpaired) electrons. The molecule has 3 aromatic carbocycles. The summed E-state index contributed by atoms with van der Waals surface area (Å²) in [6.45, 7) is 0.654. The van der Waals surface area contributed by atoms with Crippen LogP contribution in [0.3, 0.4) is 0 Å². The zero-order valence-electron chi connectivity index (χ0n) is 20.4. The van der Waals surface area contributed by atoms with E-state index in [4.69, 9.17) is 0 Å². The van der Waals surface area contributed by atoms with Gasteiger partial charge in [0.1, 0.15) is 0 Å². The summed E-state index contributed by atoms with van der Waals surface area (Å²) in [4.78, 5) is 20.2. The molecule has 0 aliphatic rings. The van der Waals surface area contributed by atoms with E-state index in [-0.39, 0.29) is 19.0 Å². The minimum Gasteiger partial charge on any atom is -0.350 e. The smallest absolute Gasteiger partial charge is 0.350 e. The van der Waals surface area contributed by atoms with Gasteiger partial charge in [-0.15, -0.1) is 0 Å². The molecular weight excluding hydrogens is 531 g/mol. The predicted molar refractivity (Wildman–Crippen MR) is 139 cm³/mol. The number of anilines is 1. The molecule has 0 atom stereocenters. The quantitative estimate of drug-likeness (QED) is 0.265. The van der Waals surface area contributed by atoms with Crippen LogP contribution in [0.1, 0.15) is 32.6 Å². The normalized spacial score (nSPS) is 11.7. The number of nitrogens with one attached hydrogen (secondary N) is 3. The van der Waals surface area contributed by atoms with Crippen molar-refractivity contribution in [3.63, 3.8) is 0 Å². The largest absolute Gasteiger partial charge is 0.416 e. The van der Waals surface area contributed by atoms with Crippen LogP contribution >= 0.6 is 0 Å². The predicted octanol–water partition coefficient (Wildman–Crippen LogP) is 4.52. The van der Waals surface area contributed by atoms with E-state index >= 15 is 0 Å². The lowest BCUT2D eigenvalue weighted by Crippen LogP contribution is -2.24. The van der Waals surface area contributed by atoms with Gasteiger partial charge in [0.15, 0.2) is 0 Å². The minimum absolute atomic E-state index is 0.108. The van der Waals surface area contributed by atoms with Gasteiger partial charge in [-0.2, -0.15) is 13.2 Å². The molecule has 0 aliphatic carbocycles. The Morgan fingerprint density at radius 2 is 1.36 bits per heavy atom. The molecule has 1 heterocycles. The van der Waals surface area contributed by atoms with E-state index in [1.54, 1.807) is 54.9 Å². The van der Waals surface area contributed by atoms with Crippen molar-refractivity contribution in [2.75, 3.05) is 5.32 Å². The SMILES string of the molecule is O=C(NCc1ccc(CNS(=O)(=O)c2cccc(C(F)(F)F)c2)cc1)c1ccc(CNc2ncccn2)cc1. The molecule has 3 N–H and O–H groups in total. The number of nitrogens with zero attached hydrogens (tertiary/aromatic N) is 2. The fourth-order valence-corrected chi connectivity index (χ4v) is 4.57.